The number of carbonyl (C=O) groups is 2. The zero-order chi connectivity index (χ0) is 19.4. The second-order valence-corrected chi connectivity index (χ2v) is 6.10. The molecule has 0 radical (unpaired) electrons. The summed E-state index contributed by atoms with van der Waals surface area (Å²) in [6.45, 7) is 3.72. The maximum absolute atomic E-state index is 12.7. The van der Waals surface area contributed by atoms with Crippen LogP contribution >= 0.6 is 0 Å². The van der Waals surface area contributed by atoms with E-state index in [1.807, 2.05) is 44.2 Å². The Labute approximate surface area is 157 Å². The summed E-state index contributed by atoms with van der Waals surface area (Å²) in [6, 6.07) is 16.6. The van der Waals surface area contributed by atoms with Gasteiger partial charge in [0.2, 0.25) is 0 Å². The summed E-state index contributed by atoms with van der Waals surface area (Å²) >= 11 is 0. The molecule has 0 aliphatic rings. The fraction of sp³-hybridized carbons (Fsp3) is 0.136. The fourth-order valence-corrected chi connectivity index (χ4v) is 2.92. The van der Waals surface area contributed by atoms with Gasteiger partial charge in [0.25, 0.3) is 0 Å². The van der Waals surface area contributed by atoms with E-state index < -0.39 is 0 Å². The molecule has 0 amide bonds. The predicted molar refractivity (Wildman–Crippen MR) is 104 cm³/mol. The third kappa shape index (κ3) is 3.87. The van der Waals surface area contributed by atoms with Crippen LogP contribution in [0.15, 0.2) is 60.7 Å². The number of ketones is 1. The first-order chi connectivity index (χ1) is 13.0. The largest absolute Gasteiger partial charge is 0.465 e. The molecule has 0 fully saturated rings. The number of para-hydroxylation sites is 1. The zero-order valence-corrected chi connectivity index (χ0v) is 15.5. The normalized spacial score (nSPS) is 10.9. The number of aryl methyl sites for hydroxylation is 1. The molecule has 0 saturated heterocycles. The van der Waals surface area contributed by atoms with Crippen LogP contribution in [0.4, 0.5) is 0 Å². The lowest BCUT2D eigenvalue weighted by atomic mass is 10.1. The highest BCUT2D eigenvalue weighted by molar-refractivity contribution is 6.08. The number of aromatic nitrogens is 2. The van der Waals surface area contributed by atoms with Gasteiger partial charge in [0.1, 0.15) is 0 Å². The highest BCUT2D eigenvalue weighted by atomic mass is 16.5. The molecule has 3 rings (SSSR count). The third-order valence-corrected chi connectivity index (χ3v) is 4.30. The molecule has 27 heavy (non-hydrogen) atoms. The standard InChI is InChI=1S/C22H20N2O3/c1-15-21(16(2)24(23-15)19-7-5-4-6-8-19)20(25)14-11-17-9-12-18(13-10-17)22(26)27-3/h4-14H,1-3H3. The minimum Gasteiger partial charge on any atom is -0.465 e. The molecule has 5 heteroatoms. The molecular weight excluding hydrogens is 340 g/mol. The summed E-state index contributed by atoms with van der Waals surface area (Å²) in [7, 11) is 1.34. The van der Waals surface area contributed by atoms with E-state index in [9.17, 15) is 9.59 Å². The minimum absolute atomic E-state index is 0.107. The Kier molecular flexibility index (Phi) is 5.31. The topological polar surface area (TPSA) is 61.2 Å². The van der Waals surface area contributed by atoms with Gasteiger partial charge in [-0.15, -0.1) is 0 Å². The van der Waals surface area contributed by atoms with Crippen molar-refractivity contribution in [3.63, 3.8) is 0 Å². The summed E-state index contributed by atoms with van der Waals surface area (Å²) in [5.74, 6) is -0.495. The van der Waals surface area contributed by atoms with Crippen LogP contribution < -0.4 is 0 Å². The maximum atomic E-state index is 12.7. The molecule has 0 aliphatic heterocycles. The van der Waals surface area contributed by atoms with Crippen LogP contribution in [0.25, 0.3) is 11.8 Å². The van der Waals surface area contributed by atoms with Gasteiger partial charge in [-0.25, -0.2) is 9.48 Å². The van der Waals surface area contributed by atoms with E-state index in [1.165, 1.54) is 13.2 Å². The molecule has 0 unspecified atom stereocenters. The second kappa shape index (κ2) is 7.83. The molecule has 0 atom stereocenters. The van der Waals surface area contributed by atoms with Crippen LogP contribution in [0.3, 0.4) is 0 Å². The van der Waals surface area contributed by atoms with Crippen LogP contribution in [-0.4, -0.2) is 28.6 Å². The van der Waals surface area contributed by atoms with Crippen molar-refractivity contribution >= 4 is 17.8 Å². The molecule has 1 aromatic heterocycles. The van der Waals surface area contributed by atoms with E-state index in [0.717, 1.165) is 16.9 Å². The lowest BCUT2D eigenvalue weighted by Crippen LogP contribution is -2.02. The van der Waals surface area contributed by atoms with Crippen LogP contribution in [-0.2, 0) is 4.74 Å². The van der Waals surface area contributed by atoms with Crippen molar-refractivity contribution < 1.29 is 14.3 Å². The first-order valence-corrected chi connectivity index (χ1v) is 8.53. The predicted octanol–water partition coefficient (Wildman–Crippen LogP) is 4.17. The van der Waals surface area contributed by atoms with Crippen molar-refractivity contribution in [2.24, 2.45) is 0 Å². The van der Waals surface area contributed by atoms with Crippen molar-refractivity contribution in [2.75, 3.05) is 7.11 Å². The number of hydrogen-bond donors (Lipinski definition) is 0. The summed E-state index contributed by atoms with van der Waals surface area (Å²) in [5, 5.41) is 4.51. The van der Waals surface area contributed by atoms with Gasteiger partial charge in [0.15, 0.2) is 5.78 Å². The van der Waals surface area contributed by atoms with Crippen LogP contribution in [0, 0.1) is 13.8 Å². The molecule has 0 N–H and O–H groups in total. The van der Waals surface area contributed by atoms with E-state index in [-0.39, 0.29) is 11.8 Å². The Balaban J connectivity index is 1.83. The highest BCUT2D eigenvalue weighted by Crippen LogP contribution is 2.19. The molecule has 0 bridgehead atoms. The van der Waals surface area contributed by atoms with E-state index in [4.69, 9.17) is 0 Å². The number of esters is 1. The Bertz CT molecular complexity index is 1000. The quantitative estimate of drug-likeness (QED) is 0.389. The molecular formula is C22H20N2O3. The monoisotopic (exact) mass is 360 g/mol. The van der Waals surface area contributed by atoms with Gasteiger partial charge in [-0.05, 0) is 49.8 Å². The Morgan fingerprint density at radius 1 is 1.00 bits per heavy atom. The lowest BCUT2D eigenvalue weighted by Gasteiger charge is -2.04. The van der Waals surface area contributed by atoms with E-state index >= 15 is 0 Å². The number of methoxy groups -OCH3 is 1. The van der Waals surface area contributed by atoms with Crippen LogP contribution in [0.2, 0.25) is 0 Å². The SMILES string of the molecule is COC(=O)c1ccc(C=CC(=O)c2c(C)nn(-c3ccccc3)c2C)cc1. The summed E-state index contributed by atoms with van der Waals surface area (Å²) in [5.41, 5.74) is 4.29. The van der Waals surface area contributed by atoms with E-state index in [2.05, 4.69) is 9.84 Å². The molecule has 136 valence electrons. The van der Waals surface area contributed by atoms with Gasteiger partial charge < -0.3 is 4.74 Å². The Morgan fingerprint density at radius 3 is 2.30 bits per heavy atom. The number of ether oxygens (including phenoxy) is 1. The number of hydrogen-bond acceptors (Lipinski definition) is 4. The molecule has 0 spiro atoms. The summed E-state index contributed by atoms with van der Waals surface area (Å²) in [6.07, 6.45) is 3.25. The highest BCUT2D eigenvalue weighted by Gasteiger charge is 2.17. The van der Waals surface area contributed by atoms with E-state index in [1.54, 1.807) is 35.0 Å². The van der Waals surface area contributed by atoms with Crippen LogP contribution in [0.1, 0.15) is 37.7 Å². The summed E-state index contributed by atoms with van der Waals surface area (Å²) in [4.78, 5) is 24.2. The first kappa shape index (κ1) is 18.3. The number of rotatable bonds is 5. The van der Waals surface area contributed by atoms with Crippen molar-refractivity contribution in [3.8, 4) is 5.69 Å². The molecule has 0 aliphatic carbocycles. The van der Waals surface area contributed by atoms with Crippen LogP contribution in [0.5, 0.6) is 0 Å². The van der Waals surface area contributed by atoms with Crippen molar-refractivity contribution in [1.29, 1.82) is 0 Å². The molecule has 0 saturated carbocycles. The first-order valence-electron chi connectivity index (χ1n) is 8.53. The van der Waals surface area contributed by atoms with Gasteiger partial charge in [0, 0.05) is 0 Å². The zero-order valence-electron chi connectivity index (χ0n) is 15.5. The van der Waals surface area contributed by atoms with Gasteiger partial charge >= 0.3 is 5.97 Å². The molecule has 2 aromatic carbocycles. The Hall–Kier alpha value is -3.47. The van der Waals surface area contributed by atoms with Gasteiger partial charge in [-0.1, -0.05) is 36.4 Å². The Morgan fingerprint density at radius 2 is 1.67 bits per heavy atom. The molecule has 1 heterocycles. The van der Waals surface area contributed by atoms with Gasteiger partial charge in [0.05, 0.1) is 35.3 Å². The average molecular weight is 360 g/mol. The van der Waals surface area contributed by atoms with Gasteiger partial charge in [-0.3, -0.25) is 4.79 Å². The van der Waals surface area contributed by atoms with Crippen molar-refractivity contribution in [1.82, 2.24) is 9.78 Å². The number of carbonyl (C=O) groups excluding carboxylic acids is 2. The average Bonchev–Trinajstić information content (AvgIpc) is 3.00. The maximum Gasteiger partial charge on any atom is 0.337 e. The van der Waals surface area contributed by atoms with E-state index in [0.29, 0.717) is 16.8 Å². The smallest absolute Gasteiger partial charge is 0.337 e. The molecule has 5 nitrogen and oxygen atoms in total. The number of benzene rings is 2. The summed E-state index contributed by atoms with van der Waals surface area (Å²) < 4.78 is 6.46. The lowest BCUT2D eigenvalue weighted by molar-refractivity contribution is 0.0600. The number of nitrogens with zero attached hydrogens (tertiary/aromatic N) is 2. The minimum atomic E-state index is -0.388. The third-order valence-electron chi connectivity index (χ3n) is 4.30. The second-order valence-electron chi connectivity index (χ2n) is 6.10. The van der Waals surface area contributed by atoms with Crippen molar-refractivity contribution in [3.05, 3.63) is 88.8 Å². The molecule has 3 aromatic rings. The fourth-order valence-electron chi connectivity index (χ4n) is 2.92. The number of allylic oxidation sites excluding steroid dienone is 1. The van der Waals surface area contributed by atoms with Crippen molar-refractivity contribution in [2.45, 2.75) is 13.8 Å². The van der Waals surface area contributed by atoms with Gasteiger partial charge in [-0.2, -0.15) is 5.10 Å².